The zero-order valence-electron chi connectivity index (χ0n) is 11.6. The number of anilines is 1. The number of aromatic carboxylic acids is 1. The number of hydrogen-bond donors (Lipinski definition) is 1. The lowest BCUT2D eigenvalue weighted by atomic mass is 10.1. The molecule has 5 nitrogen and oxygen atoms in total. The van der Waals surface area contributed by atoms with Crippen LogP contribution in [0.1, 0.15) is 42.7 Å². The molecule has 1 N–H and O–H groups in total. The van der Waals surface area contributed by atoms with Gasteiger partial charge in [0.2, 0.25) is 0 Å². The first kappa shape index (κ1) is 13.8. The molecule has 1 saturated heterocycles. The zero-order valence-corrected chi connectivity index (χ0v) is 11.6. The van der Waals surface area contributed by atoms with E-state index in [0.29, 0.717) is 12.2 Å². The van der Waals surface area contributed by atoms with Crippen molar-refractivity contribution in [3.63, 3.8) is 0 Å². The Kier molecular flexibility index (Phi) is 4.04. The van der Waals surface area contributed by atoms with E-state index >= 15 is 0 Å². The number of morpholine rings is 1. The quantitative estimate of drug-likeness (QED) is 0.906. The molecule has 1 unspecified atom stereocenters. The molecule has 104 valence electrons. The van der Waals surface area contributed by atoms with Crippen LogP contribution in [0.2, 0.25) is 0 Å². The van der Waals surface area contributed by atoms with E-state index in [0.717, 1.165) is 24.6 Å². The van der Waals surface area contributed by atoms with Gasteiger partial charge in [-0.05, 0) is 25.0 Å². The number of aromatic nitrogens is 1. The summed E-state index contributed by atoms with van der Waals surface area (Å²) in [6.45, 7) is 8.18. The maximum absolute atomic E-state index is 11.2. The largest absolute Gasteiger partial charge is 0.478 e. The molecular formula is C14H20N2O3. The number of rotatable bonds is 3. The van der Waals surface area contributed by atoms with E-state index in [-0.39, 0.29) is 12.0 Å². The van der Waals surface area contributed by atoms with Crippen LogP contribution < -0.4 is 4.90 Å². The Labute approximate surface area is 113 Å². The molecule has 0 radical (unpaired) electrons. The fourth-order valence-corrected chi connectivity index (χ4v) is 2.14. The summed E-state index contributed by atoms with van der Waals surface area (Å²) in [4.78, 5) is 17.9. The van der Waals surface area contributed by atoms with Crippen LogP contribution in [0.25, 0.3) is 0 Å². The summed E-state index contributed by atoms with van der Waals surface area (Å²) >= 11 is 0. The summed E-state index contributed by atoms with van der Waals surface area (Å²) in [7, 11) is 0. The van der Waals surface area contributed by atoms with Gasteiger partial charge >= 0.3 is 5.97 Å². The molecule has 1 aliphatic heterocycles. The van der Waals surface area contributed by atoms with Crippen LogP contribution in [0.5, 0.6) is 0 Å². The lowest BCUT2D eigenvalue weighted by Gasteiger charge is -2.32. The molecule has 1 fully saturated rings. The van der Waals surface area contributed by atoms with Gasteiger partial charge in [-0.1, -0.05) is 13.8 Å². The third-order valence-electron chi connectivity index (χ3n) is 3.24. The summed E-state index contributed by atoms with van der Waals surface area (Å²) in [5.74, 6) is 0.0297. The van der Waals surface area contributed by atoms with Gasteiger partial charge in [-0.2, -0.15) is 0 Å². The second-order valence-corrected chi connectivity index (χ2v) is 5.23. The van der Waals surface area contributed by atoms with Crippen molar-refractivity contribution >= 4 is 11.8 Å². The molecule has 0 spiro atoms. The number of pyridine rings is 1. The van der Waals surface area contributed by atoms with Crippen molar-refractivity contribution in [2.45, 2.75) is 32.8 Å². The van der Waals surface area contributed by atoms with Crippen LogP contribution >= 0.6 is 0 Å². The second kappa shape index (κ2) is 5.57. The minimum atomic E-state index is -0.910. The summed E-state index contributed by atoms with van der Waals surface area (Å²) in [5, 5.41) is 9.19. The Morgan fingerprint density at radius 2 is 2.26 bits per heavy atom. The predicted octanol–water partition coefficient (Wildman–Crippen LogP) is 2.13. The topological polar surface area (TPSA) is 62.7 Å². The lowest BCUT2D eigenvalue weighted by Crippen LogP contribution is -2.41. The van der Waals surface area contributed by atoms with E-state index in [1.807, 2.05) is 20.8 Å². The van der Waals surface area contributed by atoms with Gasteiger partial charge in [-0.15, -0.1) is 0 Å². The normalized spacial score (nSPS) is 19.8. The van der Waals surface area contributed by atoms with Crippen LogP contribution in [-0.2, 0) is 4.74 Å². The summed E-state index contributed by atoms with van der Waals surface area (Å²) < 4.78 is 5.50. The third-order valence-corrected chi connectivity index (χ3v) is 3.24. The Bertz CT molecular complexity index is 474. The number of ether oxygens (including phenoxy) is 1. The average molecular weight is 264 g/mol. The van der Waals surface area contributed by atoms with Gasteiger partial charge in [0.05, 0.1) is 18.3 Å². The van der Waals surface area contributed by atoms with Gasteiger partial charge in [-0.3, -0.25) is 0 Å². The lowest BCUT2D eigenvalue weighted by molar-refractivity contribution is 0.0529. The fourth-order valence-electron chi connectivity index (χ4n) is 2.14. The molecule has 1 aromatic heterocycles. The van der Waals surface area contributed by atoms with Crippen LogP contribution in [0.4, 0.5) is 5.82 Å². The Morgan fingerprint density at radius 1 is 1.53 bits per heavy atom. The maximum atomic E-state index is 11.2. The first-order chi connectivity index (χ1) is 8.97. The third kappa shape index (κ3) is 3.23. The minimum Gasteiger partial charge on any atom is -0.478 e. The van der Waals surface area contributed by atoms with E-state index in [1.54, 1.807) is 12.1 Å². The number of hydrogen-bond acceptors (Lipinski definition) is 4. The van der Waals surface area contributed by atoms with Gasteiger partial charge in [0.15, 0.2) is 0 Å². The van der Waals surface area contributed by atoms with E-state index in [2.05, 4.69) is 9.88 Å². The second-order valence-electron chi connectivity index (χ2n) is 5.23. The number of carboxylic acids is 1. The van der Waals surface area contributed by atoms with E-state index in [9.17, 15) is 9.90 Å². The average Bonchev–Trinajstić information content (AvgIpc) is 2.38. The van der Waals surface area contributed by atoms with Crippen molar-refractivity contribution < 1.29 is 14.6 Å². The Hall–Kier alpha value is -1.62. The van der Waals surface area contributed by atoms with Crippen LogP contribution in [0.3, 0.4) is 0 Å². The number of carbonyl (C=O) groups is 1. The Morgan fingerprint density at radius 3 is 2.84 bits per heavy atom. The molecular weight excluding hydrogens is 244 g/mol. The van der Waals surface area contributed by atoms with Crippen LogP contribution in [0.15, 0.2) is 12.1 Å². The first-order valence-corrected chi connectivity index (χ1v) is 6.59. The molecule has 0 bridgehead atoms. The van der Waals surface area contributed by atoms with Crippen molar-refractivity contribution in [3.8, 4) is 0 Å². The van der Waals surface area contributed by atoms with E-state index in [4.69, 9.17) is 4.74 Å². The highest BCUT2D eigenvalue weighted by molar-refractivity contribution is 5.88. The summed E-state index contributed by atoms with van der Waals surface area (Å²) in [5.41, 5.74) is 1.11. The summed E-state index contributed by atoms with van der Waals surface area (Å²) in [6, 6.07) is 3.30. The maximum Gasteiger partial charge on any atom is 0.335 e. The zero-order chi connectivity index (χ0) is 14.0. The van der Waals surface area contributed by atoms with Gasteiger partial charge in [0.25, 0.3) is 0 Å². The number of carboxylic acid groups (broad SMARTS) is 1. The molecule has 0 saturated carbocycles. The van der Waals surface area contributed by atoms with Crippen molar-refractivity contribution in [1.82, 2.24) is 4.98 Å². The van der Waals surface area contributed by atoms with Crippen LogP contribution in [-0.4, -0.2) is 41.9 Å². The summed E-state index contributed by atoms with van der Waals surface area (Å²) in [6.07, 6.45) is 0.145. The van der Waals surface area contributed by atoms with Crippen molar-refractivity contribution in [2.75, 3.05) is 24.6 Å². The molecule has 0 amide bonds. The fraction of sp³-hybridized carbons (Fsp3) is 0.571. The standard InChI is InChI=1S/C14H20N2O3/c1-9(2)12-6-11(14(17)18)7-13(15-12)16-4-5-19-10(3)8-16/h6-7,9-10H,4-5,8H2,1-3H3,(H,17,18). The highest BCUT2D eigenvalue weighted by Gasteiger charge is 2.20. The van der Waals surface area contributed by atoms with Gasteiger partial charge in [0, 0.05) is 18.8 Å². The van der Waals surface area contributed by atoms with E-state index < -0.39 is 5.97 Å². The molecule has 19 heavy (non-hydrogen) atoms. The molecule has 5 heteroatoms. The van der Waals surface area contributed by atoms with E-state index in [1.165, 1.54) is 0 Å². The predicted molar refractivity (Wildman–Crippen MR) is 72.9 cm³/mol. The van der Waals surface area contributed by atoms with Gasteiger partial charge < -0.3 is 14.7 Å². The minimum absolute atomic E-state index is 0.145. The monoisotopic (exact) mass is 264 g/mol. The van der Waals surface area contributed by atoms with Crippen molar-refractivity contribution in [1.29, 1.82) is 0 Å². The van der Waals surface area contributed by atoms with Crippen molar-refractivity contribution in [3.05, 3.63) is 23.4 Å². The molecule has 0 aromatic carbocycles. The molecule has 1 aromatic rings. The highest BCUT2D eigenvalue weighted by atomic mass is 16.5. The molecule has 0 aliphatic carbocycles. The highest BCUT2D eigenvalue weighted by Crippen LogP contribution is 2.22. The Balaban J connectivity index is 2.35. The van der Waals surface area contributed by atoms with Crippen LogP contribution in [0, 0.1) is 0 Å². The molecule has 1 aliphatic rings. The molecule has 2 rings (SSSR count). The van der Waals surface area contributed by atoms with Gasteiger partial charge in [-0.25, -0.2) is 9.78 Å². The van der Waals surface area contributed by atoms with Crippen molar-refractivity contribution in [2.24, 2.45) is 0 Å². The van der Waals surface area contributed by atoms with Gasteiger partial charge in [0.1, 0.15) is 5.82 Å². The molecule has 1 atom stereocenters. The SMILES string of the molecule is CC1CN(c2cc(C(=O)O)cc(C(C)C)n2)CCO1. The number of nitrogens with zero attached hydrogens (tertiary/aromatic N) is 2. The first-order valence-electron chi connectivity index (χ1n) is 6.59. The smallest absolute Gasteiger partial charge is 0.335 e. The molecule has 2 heterocycles.